The van der Waals surface area contributed by atoms with Gasteiger partial charge in [0.05, 0.1) is 5.02 Å². The van der Waals surface area contributed by atoms with E-state index in [9.17, 15) is 4.39 Å². The summed E-state index contributed by atoms with van der Waals surface area (Å²) in [5.41, 5.74) is 1.31. The molecule has 0 aromatic heterocycles. The van der Waals surface area contributed by atoms with Crippen molar-refractivity contribution in [1.29, 1.82) is 0 Å². The zero-order chi connectivity index (χ0) is 15.4. The van der Waals surface area contributed by atoms with Crippen LogP contribution in [0.1, 0.15) is 24.1 Å². The van der Waals surface area contributed by atoms with Crippen LogP contribution in [0.25, 0.3) is 0 Å². The lowest BCUT2D eigenvalue weighted by atomic mass is 9.98. The van der Waals surface area contributed by atoms with Crippen LogP contribution < -0.4 is 5.32 Å². The van der Waals surface area contributed by atoms with Crippen LogP contribution in [0.15, 0.2) is 36.4 Å². The molecule has 1 nitrogen and oxygen atoms in total. The number of nitrogens with one attached hydrogen (secondary N) is 1. The maximum absolute atomic E-state index is 14.2. The molecule has 2 aromatic carbocycles. The molecule has 1 atom stereocenters. The number of hydrogen-bond donors (Lipinski definition) is 1. The molecule has 0 radical (unpaired) electrons. The van der Waals surface area contributed by atoms with Gasteiger partial charge in [-0.1, -0.05) is 59.9 Å². The van der Waals surface area contributed by atoms with Crippen LogP contribution in [0.3, 0.4) is 0 Å². The number of benzene rings is 2. The molecular weight excluding hydrogens is 332 g/mol. The van der Waals surface area contributed by atoms with E-state index in [1.165, 1.54) is 6.07 Å². The van der Waals surface area contributed by atoms with E-state index in [1.807, 2.05) is 6.92 Å². The summed E-state index contributed by atoms with van der Waals surface area (Å²) in [6, 6.07) is 10.1. The Morgan fingerprint density at radius 2 is 1.57 bits per heavy atom. The molecule has 0 saturated heterocycles. The average molecular weight is 347 g/mol. The molecular formula is C16H15Cl3FN. The monoisotopic (exact) mass is 345 g/mol. The summed E-state index contributed by atoms with van der Waals surface area (Å²) < 4.78 is 14.2. The molecule has 2 aromatic rings. The van der Waals surface area contributed by atoms with Gasteiger partial charge in [0.15, 0.2) is 0 Å². The van der Waals surface area contributed by atoms with Gasteiger partial charge in [-0.25, -0.2) is 4.39 Å². The molecule has 2 rings (SSSR count). The van der Waals surface area contributed by atoms with Gasteiger partial charge in [0.25, 0.3) is 0 Å². The quantitative estimate of drug-likeness (QED) is 0.734. The summed E-state index contributed by atoms with van der Waals surface area (Å²) in [4.78, 5) is 0. The van der Waals surface area contributed by atoms with Gasteiger partial charge < -0.3 is 5.32 Å². The summed E-state index contributed by atoms with van der Waals surface area (Å²) in [6.07, 6.45) is 0.490. The van der Waals surface area contributed by atoms with Gasteiger partial charge in [0.2, 0.25) is 0 Å². The fourth-order valence-electron chi connectivity index (χ4n) is 2.26. The van der Waals surface area contributed by atoms with Gasteiger partial charge in [-0.15, -0.1) is 0 Å². The van der Waals surface area contributed by atoms with Crippen LogP contribution in [-0.4, -0.2) is 6.54 Å². The molecule has 112 valence electrons. The Hall–Kier alpha value is -0.800. The second-order valence-corrected chi connectivity index (χ2v) is 5.88. The molecule has 1 N–H and O–H groups in total. The third kappa shape index (κ3) is 3.89. The normalized spacial score (nSPS) is 12.4. The number of hydrogen-bond acceptors (Lipinski definition) is 1. The third-order valence-corrected chi connectivity index (χ3v) is 4.28. The zero-order valence-electron chi connectivity index (χ0n) is 11.5. The minimum atomic E-state index is -0.409. The highest BCUT2D eigenvalue weighted by molar-refractivity contribution is 6.36. The van der Waals surface area contributed by atoms with Crippen molar-refractivity contribution >= 4 is 34.8 Å². The Kier molecular flexibility index (Phi) is 5.88. The lowest BCUT2D eigenvalue weighted by Crippen LogP contribution is -2.24. The van der Waals surface area contributed by atoms with Crippen molar-refractivity contribution in [3.05, 3.63) is 68.4 Å². The third-order valence-electron chi connectivity index (χ3n) is 3.28. The molecule has 0 amide bonds. The topological polar surface area (TPSA) is 12.0 Å². The summed E-state index contributed by atoms with van der Waals surface area (Å²) in [7, 11) is 0. The van der Waals surface area contributed by atoms with E-state index >= 15 is 0 Å². The molecule has 0 aliphatic carbocycles. The molecule has 0 fully saturated rings. The van der Waals surface area contributed by atoms with E-state index in [4.69, 9.17) is 34.8 Å². The van der Waals surface area contributed by atoms with Crippen molar-refractivity contribution in [3.63, 3.8) is 0 Å². The van der Waals surface area contributed by atoms with Crippen LogP contribution >= 0.6 is 34.8 Å². The Balaban J connectivity index is 2.38. The minimum Gasteiger partial charge on any atom is -0.310 e. The first kappa shape index (κ1) is 16.6. The lowest BCUT2D eigenvalue weighted by molar-refractivity contribution is 0.510. The summed E-state index contributed by atoms with van der Waals surface area (Å²) in [5, 5.41) is 4.52. The van der Waals surface area contributed by atoms with Crippen LogP contribution in [0.5, 0.6) is 0 Å². The first-order chi connectivity index (χ1) is 10.0. The highest BCUT2D eigenvalue weighted by Crippen LogP contribution is 2.31. The SMILES string of the molecule is CCNC(Cc1c(Cl)cccc1Cl)c1cccc(Cl)c1F. The van der Waals surface area contributed by atoms with E-state index in [-0.39, 0.29) is 11.1 Å². The van der Waals surface area contributed by atoms with Gasteiger partial charge in [-0.3, -0.25) is 0 Å². The van der Waals surface area contributed by atoms with Crippen molar-refractivity contribution < 1.29 is 4.39 Å². The van der Waals surface area contributed by atoms with E-state index < -0.39 is 5.82 Å². The molecule has 0 aliphatic heterocycles. The highest BCUT2D eigenvalue weighted by Gasteiger charge is 2.19. The summed E-state index contributed by atoms with van der Waals surface area (Å²) >= 11 is 18.3. The summed E-state index contributed by atoms with van der Waals surface area (Å²) in [6.45, 7) is 2.66. The molecule has 0 bridgehead atoms. The second-order valence-electron chi connectivity index (χ2n) is 4.66. The minimum absolute atomic E-state index is 0.112. The Labute approximate surface area is 139 Å². The lowest BCUT2D eigenvalue weighted by Gasteiger charge is -2.21. The van der Waals surface area contributed by atoms with Crippen LogP contribution in [0.4, 0.5) is 4.39 Å². The molecule has 0 saturated carbocycles. The first-order valence-corrected chi connectivity index (χ1v) is 7.78. The van der Waals surface area contributed by atoms with Gasteiger partial charge in [-0.05, 0) is 36.7 Å². The molecule has 0 aliphatic rings. The molecule has 5 heteroatoms. The number of halogens is 4. The fourth-order valence-corrected chi connectivity index (χ4v) is 2.99. The zero-order valence-corrected chi connectivity index (χ0v) is 13.7. The van der Waals surface area contributed by atoms with Crippen molar-refractivity contribution in [3.8, 4) is 0 Å². The average Bonchev–Trinajstić information content (AvgIpc) is 2.45. The van der Waals surface area contributed by atoms with Crippen LogP contribution in [-0.2, 0) is 6.42 Å². The van der Waals surface area contributed by atoms with Crippen molar-refractivity contribution in [2.75, 3.05) is 6.54 Å². The highest BCUT2D eigenvalue weighted by atomic mass is 35.5. The van der Waals surface area contributed by atoms with E-state index in [0.717, 1.165) is 5.56 Å². The number of rotatable bonds is 5. The first-order valence-electron chi connectivity index (χ1n) is 6.64. The standard InChI is InChI=1S/C16H15Cl3FN/c1-2-21-15(10-5-3-8-14(19)16(10)20)9-11-12(17)6-4-7-13(11)18/h3-8,15,21H,2,9H2,1H3. The van der Waals surface area contributed by atoms with Gasteiger partial charge in [-0.2, -0.15) is 0 Å². The van der Waals surface area contributed by atoms with Gasteiger partial charge in [0.1, 0.15) is 5.82 Å². The Bertz CT molecular complexity index is 611. The largest absolute Gasteiger partial charge is 0.310 e. The molecule has 1 unspecified atom stereocenters. The van der Waals surface area contributed by atoms with Gasteiger partial charge in [0, 0.05) is 21.7 Å². The summed E-state index contributed by atoms with van der Waals surface area (Å²) in [5.74, 6) is -0.409. The molecule has 21 heavy (non-hydrogen) atoms. The van der Waals surface area contributed by atoms with Crippen molar-refractivity contribution in [2.45, 2.75) is 19.4 Å². The van der Waals surface area contributed by atoms with Crippen LogP contribution in [0, 0.1) is 5.82 Å². The second kappa shape index (κ2) is 7.46. The Morgan fingerprint density at radius 3 is 2.19 bits per heavy atom. The fraction of sp³-hybridized carbons (Fsp3) is 0.250. The smallest absolute Gasteiger partial charge is 0.146 e. The van der Waals surface area contributed by atoms with Gasteiger partial charge >= 0.3 is 0 Å². The predicted molar refractivity (Wildman–Crippen MR) is 88.0 cm³/mol. The molecule has 0 spiro atoms. The van der Waals surface area contributed by atoms with E-state index in [1.54, 1.807) is 30.3 Å². The predicted octanol–water partition coefficient (Wildman–Crippen LogP) is 5.68. The van der Waals surface area contributed by atoms with E-state index in [2.05, 4.69) is 5.32 Å². The van der Waals surface area contributed by atoms with Crippen molar-refractivity contribution in [2.24, 2.45) is 0 Å². The maximum atomic E-state index is 14.2. The van der Waals surface area contributed by atoms with Crippen LogP contribution in [0.2, 0.25) is 15.1 Å². The Morgan fingerprint density at radius 1 is 1.00 bits per heavy atom. The number of likely N-dealkylation sites (N-methyl/N-ethyl adjacent to an activating group) is 1. The maximum Gasteiger partial charge on any atom is 0.146 e. The van der Waals surface area contributed by atoms with E-state index in [0.29, 0.717) is 28.6 Å². The van der Waals surface area contributed by atoms with Crippen molar-refractivity contribution in [1.82, 2.24) is 5.32 Å². The molecule has 0 heterocycles.